The molecule has 0 atom stereocenters. The van der Waals surface area contributed by atoms with Crippen LogP contribution in [-0.4, -0.2) is 23.2 Å². The minimum absolute atomic E-state index is 0.125. The predicted molar refractivity (Wildman–Crippen MR) is 80.2 cm³/mol. The molecule has 0 unspecified atom stereocenters. The fourth-order valence-corrected chi connectivity index (χ4v) is 2.00. The molecule has 21 heavy (non-hydrogen) atoms. The maximum atomic E-state index is 12.3. The molecule has 5 heteroatoms. The number of aryl methyl sites for hydroxylation is 2. The molecule has 0 aromatic heterocycles. The van der Waals surface area contributed by atoms with Crippen molar-refractivity contribution in [3.8, 4) is 17.2 Å². The van der Waals surface area contributed by atoms with Crippen molar-refractivity contribution in [2.45, 2.75) is 13.8 Å². The Labute approximate surface area is 122 Å². The van der Waals surface area contributed by atoms with Crippen molar-refractivity contribution < 1.29 is 19.7 Å². The third-order valence-electron chi connectivity index (χ3n) is 3.25. The minimum Gasteiger partial charge on any atom is -0.508 e. The lowest BCUT2D eigenvalue weighted by Crippen LogP contribution is -2.13. The maximum absolute atomic E-state index is 12.3. The smallest absolute Gasteiger partial charge is 0.259 e. The van der Waals surface area contributed by atoms with Crippen LogP contribution in [0.1, 0.15) is 21.5 Å². The standard InChI is InChI=1S/C16H17NO4/c1-9-8-13(18)10(2)7-12(9)17-16(20)11-5-4-6-14(21-3)15(11)19/h4-8,18-19H,1-3H3,(H,17,20). The minimum atomic E-state index is -0.445. The van der Waals surface area contributed by atoms with Gasteiger partial charge in [-0.3, -0.25) is 4.79 Å². The van der Waals surface area contributed by atoms with Gasteiger partial charge in [0, 0.05) is 5.69 Å². The average Bonchev–Trinajstić information content (AvgIpc) is 2.44. The van der Waals surface area contributed by atoms with Crippen LogP contribution in [-0.2, 0) is 0 Å². The Balaban J connectivity index is 2.33. The van der Waals surface area contributed by atoms with Gasteiger partial charge in [0.05, 0.1) is 12.7 Å². The molecule has 0 fully saturated rings. The van der Waals surface area contributed by atoms with Gasteiger partial charge in [0.1, 0.15) is 5.75 Å². The highest BCUT2D eigenvalue weighted by Gasteiger charge is 2.16. The number of carbonyl (C=O) groups is 1. The molecule has 2 aromatic rings. The first-order chi connectivity index (χ1) is 9.93. The highest BCUT2D eigenvalue weighted by molar-refractivity contribution is 6.07. The Morgan fingerprint density at radius 1 is 1.14 bits per heavy atom. The van der Waals surface area contributed by atoms with Gasteiger partial charge in [-0.05, 0) is 49.2 Å². The molecule has 0 aliphatic heterocycles. The quantitative estimate of drug-likeness (QED) is 0.758. The SMILES string of the molecule is COc1cccc(C(=O)Nc2cc(C)c(O)cc2C)c1O. The molecule has 0 radical (unpaired) electrons. The van der Waals surface area contributed by atoms with Crippen LogP contribution in [0.15, 0.2) is 30.3 Å². The Bertz CT molecular complexity index is 695. The molecule has 0 saturated carbocycles. The van der Waals surface area contributed by atoms with Crippen LogP contribution in [0, 0.1) is 13.8 Å². The van der Waals surface area contributed by atoms with Gasteiger partial charge in [-0.15, -0.1) is 0 Å². The highest BCUT2D eigenvalue weighted by atomic mass is 16.5. The van der Waals surface area contributed by atoms with E-state index >= 15 is 0 Å². The summed E-state index contributed by atoms with van der Waals surface area (Å²) in [4.78, 5) is 12.3. The number of methoxy groups -OCH3 is 1. The molecule has 110 valence electrons. The number of carbonyl (C=O) groups excluding carboxylic acids is 1. The van der Waals surface area contributed by atoms with Gasteiger partial charge in [0.25, 0.3) is 5.91 Å². The van der Waals surface area contributed by atoms with E-state index in [9.17, 15) is 15.0 Å². The number of para-hydroxylation sites is 1. The van der Waals surface area contributed by atoms with E-state index in [0.717, 1.165) is 5.56 Å². The first-order valence-electron chi connectivity index (χ1n) is 6.41. The van der Waals surface area contributed by atoms with Gasteiger partial charge in [-0.2, -0.15) is 0 Å². The van der Waals surface area contributed by atoms with E-state index in [1.165, 1.54) is 13.2 Å². The average molecular weight is 287 g/mol. The van der Waals surface area contributed by atoms with Crippen molar-refractivity contribution in [3.05, 3.63) is 47.0 Å². The third kappa shape index (κ3) is 2.91. The van der Waals surface area contributed by atoms with Crippen molar-refractivity contribution in [1.82, 2.24) is 0 Å². The second kappa shape index (κ2) is 5.75. The summed E-state index contributed by atoms with van der Waals surface area (Å²) in [6.07, 6.45) is 0. The van der Waals surface area contributed by atoms with Crippen LogP contribution in [0.25, 0.3) is 0 Å². The van der Waals surface area contributed by atoms with Gasteiger partial charge < -0.3 is 20.3 Å². The molecule has 0 spiro atoms. The van der Waals surface area contributed by atoms with Crippen molar-refractivity contribution in [1.29, 1.82) is 0 Å². The first-order valence-corrected chi connectivity index (χ1v) is 6.41. The Hall–Kier alpha value is -2.69. The summed E-state index contributed by atoms with van der Waals surface area (Å²) in [7, 11) is 1.42. The van der Waals surface area contributed by atoms with Gasteiger partial charge in [-0.1, -0.05) is 6.07 Å². The summed E-state index contributed by atoms with van der Waals surface area (Å²) in [6.45, 7) is 3.52. The van der Waals surface area contributed by atoms with Gasteiger partial charge >= 0.3 is 0 Å². The van der Waals surface area contributed by atoms with Crippen LogP contribution in [0.2, 0.25) is 0 Å². The summed E-state index contributed by atoms with van der Waals surface area (Å²) >= 11 is 0. The number of hydrogen-bond acceptors (Lipinski definition) is 4. The van der Waals surface area contributed by atoms with Crippen molar-refractivity contribution in [3.63, 3.8) is 0 Å². The number of aromatic hydroxyl groups is 2. The molecular weight excluding hydrogens is 270 g/mol. The monoisotopic (exact) mass is 287 g/mol. The molecule has 0 bridgehead atoms. The predicted octanol–water partition coefficient (Wildman–Crippen LogP) is 2.98. The van der Waals surface area contributed by atoms with Crippen LogP contribution in [0.5, 0.6) is 17.2 Å². The maximum Gasteiger partial charge on any atom is 0.259 e. The number of rotatable bonds is 3. The zero-order valence-electron chi connectivity index (χ0n) is 12.1. The molecule has 2 rings (SSSR count). The van der Waals surface area contributed by atoms with E-state index in [1.807, 2.05) is 0 Å². The first kappa shape index (κ1) is 14.7. The van der Waals surface area contributed by atoms with Crippen LogP contribution in [0.4, 0.5) is 5.69 Å². The molecule has 0 heterocycles. The number of phenolic OH excluding ortho intramolecular Hbond substituents is 2. The normalized spacial score (nSPS) is 10.2. The summed E-state index contributed by atoms with van der Waals surface area (Å²) in [5.74, 6) is -0.235. The summed E-state index contributed by atoms with van der Waals surface area (Å²) in [5, 5.41) is 22.3. The molecule has 0 aliphatic rings. The Kier molecular flexibility index (Phi) is 4.03. The van der Waals surface area contributed by atoms with Crippen LogP contribution < -0.4 is 10.1 Å². The number of nitrogens with one attached hydrogen (secondary N) is 1. The van der Waals surface area contributed by atoms with Crippen molar-refractivity contribution in [2.75, 3.05) is 12.4 Å². The molecule has 1 amide bonds. The topological polar surface area (TPSA) is 78.8 Å². The number of phenols is 2. The molecule has 5 nitrogen and oxygen atoms in total. The van der Waals surface area contributed by atoms with E-state index in [1.54, 1.807) is 38.1 Å². The van der Waals surface area contributed by atoms with E-state index in [0.29, 0.717) is 11.3 Å². The van der Waals surface area contributed by atoms with Gasteiger partial charge in [-0.25, -0.2) is 0 Å². The number of benzene rings is 2. The lowest BCUT2D eigenvalue weighted by Gasteiger charge is -2.12. The van der Waals surface area contributed by atoms with Crippen LogP contribution in [0.3, 0.4) is 0 Å². The van der Waals surface area contributed by atoms with Crippen molar-refractivity contribution >= 4 is 11.6 Å². The van der Waals surface area contributed by atoms with E-state index in [2.05, 4.69) is 5.32 Å². The fourth-order valence-electron chi connectivity index (χ4n) is 2.00. The highest BCUT2D eigenvalue weighted by Crippen LogP contribution is 2.31. The summed E-state index contributed by atoms with van der Waals surface area (Å²) in [6, 6.07) is 7.97. The number of amides is 1. The zero-order chi connectivity index (χ0) is 15.6. The lowest BCUT2D eigenvalue weighted by atomic mass is 10.1. The van der Waals surface area contributed by atoms with Crippen LogP contribution >= 0.6 is 0 Å². The van der Waals surface area contributed by atoms with Gasteiger partial charge in [0.15, 0.2) is 11.5 Å². The second-order valence-corrected chi connectivity index (χ2v) is 4.76. The van der Waals surface area contributed by atoms with E-state index < -0.39 is 5.91 Å². The molecule has 3 N–H and O–H groups in total. The summed E-state index contributed by atoms with van der Waals surface area (Å²) < 4.78 is 4.98. The molecule has 0 aliphatic carbocycles. The third-order valence-corrected chi connectivity index (χ3v) is 3.25. The number of anilines is 1. The Morgan fingerprint density at radius 3 is 2.52 bits per heavy atom. The van der Waals surface area contributed by atoms with E-state index in [-0.39, 0.29) is 22.8 Å². The molecular formula is C16H17NO4. The lowest BCUT2D eigenvalue weighted by molar-refractivity contribution is 0.102. The Morgan fingerprint density at radius 2 is 1.86 bits per heavy atom. The molecule has 0 saturated heterocycles. The number of hydrogen-bond donors (Lipinski definition) is 3. The zero-order valence-corrected chi connectivity index (χ0v) is 12.1. The second-order valence-electron chi connectivity index (χ2n) is 4.76. The van der Waals surface area contributed by atoms with Gasteiger partial charge in [0.2, 0.25) is 0 Å². The van der Waals surface area contributed by atoms with E-state index in [4.69, 9.17) is 4.74 Å². The van der Waals surface area contributed by atoms with Crippen molar-refractivity contribution in [2.24, 2.45) is 0 Å². The molecule has 2 aromatic carbocycles. The fraction of sp³-hybridized carbons (Fsp3) is 0.188. The largest absolute Gasteiger partial charge is 0.508 e. The summed E-state index contributed by atoms with van der Waals surface area (Å²) in [5.41, 5.74) is 2.09. The number of ether oxygens (including phenoxy) is 1.